The van der Waals surface area contributed by atoms with Crippen molar-refractivity contribution in [2.24, 2.45) is 0 Å². The van der Waals surface area contributed by atoms with E-state index in [0.717, 1.165) is 19.3 Å². The van der Waals surface area contributed by atoms with Crippen LogP contribution in [0, 0.1) is 0 Å². The van der Waals surface area contributed by atoms with E-state index in [1.54, 1.807) is 0 Å². The minimum atomic E-state index is -0.421. The Morgan fingerprint density at radius 1 is 1.36 bits per heavy atom. The summed E-state index contributed by atoms with van der Waals surface area (Å²) < 4.78 is 15.4. The molecule has 0 aromatic carbocycles. The number of esters is 1. The molecule has 1 rings (SSSR count). The maximum absolute atomic E-state index is 10.8. The van der Waals surface area contributed by atoms with E-state index < -0.39 is 5.79 Å². The van der Waals surface area contributed by atoms with Crippen molar-refractivity contribution in [3.8, 4) is 0 Å². The number of carbonyl (C=O) groups excluding carboxylic acids is 1. The lowest BCUT2D eigenvalue weighted by atomic mass is 10.1. The molecule has 14 heavy (non-hydrogen) atoms. The largest absolute Gasteiger partial charge is 0.469 e. The number of rotatable bonds is 5. The monoisotopic (exact) mass is 202 g/mol. The second-order valence-electron chi connectivity index (χ2n) is 3.61. The number of hydrogen-bond acceptors (Lipinski definition) is 4. The average Bonchev–Trinajstić information content (AvgIpc) is 2.60. The smallest absolute Gasteiger partial charge is 0.305 e. The fourth-order valence-corrected chi connectivity index (χ4v) is 1.52. The van der Waals surface area contributed by atoms with Crippen molar-refractivity contribution >= 4 is 5.97 Å². The Morgan fingerprint density at radius 3 is 2.57 bits per heavy atom. The Labute approximate surface area is 84.5 Å². The van der Waals surface area contributed by atoms with Crippen LogP contribution in [-0.4, -0.2) is 32.1 Å². The van der Waals surface area contributed by atoms with Gasteiger partial charge in [0, 0.05) is 12.8 Å². The molecule has 0 amide bonds. The summed E-state index contributed by atoms with van der Waals surface area (Å²) in [7, 11) is 1.41. The topological polar surface area (TPSA) is 44.8 Å². The molecule has 0 saturated carbocycles. The molecular weight excluding hydrogens is 184 g/mol. The summed E-state index contributed by atoms with van der Waals surface area (Å²) >= 11 is 0. The van der Waals surface area contributed by atoms with Crippen molar-refractivity contribution in [3.63, 3.8) is 0 Å². The van der Waals surface area contributed by atoms with E-state index in [1.165, 1.54) is 7.11 Å². The van der Waals surface area contributed by atoms with Gasteiger partial charge in [-0.3, -0.25) is 4.79 Å². The first-order valence-electron chi connectivity index (χ1n) is 5.01. The molecule has 0 aliphatic carbocycles. The van der Waals surface area contributed by atoms with E-state index in [-0.39, 0.29) is 5.97 Å². The zero-order chi connectivity index (χ0) is 10.4. The molecular formula is C10H18O4. The molecule has 0 atom stereocenters. The quantitative estimate of drug-likeness (QED) is 0.500. The fourth-order valence-electron chi connectivity index (χ4n) is 1.52. The van der Waals surface area contributed by atoms with E-state index >= 15 is 0 Å². The van der Waals surface area contributed by atoms with Gasteiger partial charge in [0.1, 0.15) is 0 Å². The normalized spacial score (nSPS) is 19.6. The van der Waals surface area contributed by atoms with Gasteiger partial charge in [-0.2, -0.15) is 0 Å². The van der Waals surface area contributed by atoms with Gasteiger partial charge in [0.05, 0.1) is 20.3 Å². The second kappa shape index (κ2) is 5.32. The van der Waals surface area contributed by atoms with Crippen molar-refractivity contribution < 1.29 is 19.0 Å². The van der Waals surface area contributed by atoms with Crippen molar-refractivity contribution in [2.45, 2.75) is 38.4 Å². The van der Waals surface area contributed by atoms with E-state index in [0.29, 0.717) is 19.6 Å². The number of methoxy groups -OCH3 is 1. The first kappa shape index (κ1) is 11.5. The van der Waals surface area contributed by atoms with Crippen molar-refractivity contribution in [2.75, 3.05) is 20.3 Å². The highest BCUT2D eigenvalue weighted by atomic mass is 16.7. The van der Waals surface area contributed by atoms with Crippen LogP contribution in [-0.2, 0) is 19.0 Å². The van der Waals surface area contributed by atoms with Crippen molar-refractivity contribution in [3.05, 3.63) is 0 Å². The van der Waals surface area contributed by atoms with E-state index in [1.807, 2.05) is 6.92 Å². The predicted octanol–water partition coefficient (Wildman–Crippen LogP) is 1.48. The van der Waals surface area contributed by atoms with Gasteiger partial charge in [0.2, 0.25) is 0 Å². The third-order valence-corrected chi connectivity index (χ3v) is 2.39. The van der Waals surface area contributed by atoms with Gasteiger partial charge in [0.25, 0.3) is 0 Å². The summed E-state index contributed by atoms with van der Waals surface area (Å²) in [5.74, 6) is -0.570. The Balaban J connectivity index is 2.06. The summed E-state index contributed by atoms with van der Waals surface area (Å²) in [6.45, 7) is 3.29. The van der Waals surface area contributed by atoms with Gasteiger partial charge < -0.3 is 14.2 Å². The highest BCUT2D eigenvalue weighted by molar-refractivity contribution is 5.68. The molecule has 1 heterocycles. The molecule has 4 nitrogen and oxygen atoms in total. The van der Waals surface area contributed by atoms with Crippen LogP contribution in [0.15, 0.2) is 0 Å². The first-order chi connectivity index (χ1) is 6.66. The third-order valence-electron chi connectivity index (χ3n) is 2.39. The van der Waals surface area contributed by atoms with Gasteiger partial charge >= 0.3 is 5.97 Å². The standard InChI is InChI=1S/C10H18O4/c1-10(13-7-8-14-10)6-4-3-5-9(11)12-2/h3-8H2,1-2H3. The molecule has 0 N–H and O–H groups in total. The van der Waals surface area contributed by atoms with Gasteiger partial charge in [-0.1, -0.05) is 0 Å². The van der Waals surface area contributed by atoms with Crippen LogP contribution in [0.4, 0.5) is 0 Å². The van der Waals surface area contributed by atoms with Crippen LogP contribution in [0.1, 0.15) is 32.6 Å². The molecule has 4 heteroatoms. The van der Waals surface area contributed by atoms with E-state index in [2.05, 4.69) is 4.74 Å². The Hall–Kier alpha value is -0.610. The fraction of sp³-hybridized carbons (Fsp3) is 0.900. The molecule has 0 radical (unpaired) electrons. The average molecular weight is 202 g/mol. The molecule has 1 aliphatic rings. The zero-order valence-corrected chi connectivity index (χ0v) is 8.88. The zero-order valence-electron chi connectivity index (χ0n) is 8.88. The van der Waals surface area contributed by atoms with E-state index in [9.17, 15) is 4.79 Å². The molecule has 0 aromatic heterocycles. The first-order valence-corrected chi connectivity index (χ1v) is 5.01. The van der Waals surface area contributed by atoms with E-state index in [4.69, 9.17) is 9.47 Å². The second-order valence-corrected chi connectivity index (χ2v) is 3.61. The maximum Gasteiger partial charge on any atom is 0.305 e. The molecule has 1 saturated heterocycles. The lowest BCUT2D eigenvalue weighted by Crippen LogP contribution is -2.25. The van der Waals surface area contributed by atoms with Crippen LogP contribution in [0.25, 0.3) is 0 Å². The minimum Gasteiger partial charge on any atom is -0.469 e. The lowest BCUT2D eigenvalue weighted by molar-refractivity contribution is -0.149. The SMILES string of the molecule is COC(=O)CCCCC1(C)OCCO1. The van der Waals surface area contributed by atoms with Crippen LogP contribution in [0.5, 0.6) is 0 Å². The number of ether oxygens (including phenoxy) is 3. The molecule has 0 aromatic rings. The summed E-state index contributed by atoms with van der Waals surface area (Å²) in [5.41, 5.74) is 0. The van der Waals surface area contributed by atoms with Gasteiger partial charge in [-0.05, 0) is 19.8 Å². The number of hydrogen-bond donors (Lipinski definition) is 0. The molecule has 0 bridgehead atoms. The van der Waals surface area contributed by atoms with Gasteiger partial charge in [-0.25, -0.2) is 0 Å². The summed E-state index contributed by atoms with van der Waals surface area (Å²) in [5, 5.41) is 0. The number of carbonyl (C=O) groups is 1. The lowest BCUT2D eigenvalue weighted by Gasteiger charge is -2.21. The Kier molecular flexibility index (Phi) is 4.35. The third kappa shape index (κ3) is 3.64. The van der Waals surface area contributed by atoms with Gasteiger partial charge in [-0.15, -0.1) is 0 Å². The van der Waals surface area contributed by atoms with Crippen molar-refractivity contribution in [1.29, 1.82) is 0 Å². The number of unbranched alkanes of at least 4 members (excludes halogenated alkanes) is 1. The summed E-state index contributed by atoms with van der Waals surface area (Å²) in [6.07, 6.45) is 3.07. The summed E-state index contributed by atoms with van der Waals surface area (Å²) in [4.78, 5) is 10.8. The van der Waals surface area contributed by atoms with Crippen molar-refractivity contribution in [1.82, 2.24) is 0 Å². The Morgan fingerprint density at radius 2 is 2.00 bits per heavy atom. The van der Waals surface area contributed by atoms with Crippen LogP contribution >= 0.6 is 0 Å². The highest BCUT2D eigenvalue weighted by Gasteiger charge is 2.29. The molecule has 82 valence electrons. The van der Waals surface area contributed by atoms with Gasteiger partial charge in [0.15, 0.2) is 5.79 Å². The molecule has 0 unspecified atom stereocenters. The summed E-state index contributed by atoms with van der Waals surface area (Å²) in [6, 6.07) is 0. The van der Waals surface area contributed by atoms with Crippen LogP contribution < -0.4 is 0 Å². The molecule has 1 fully saturated rings. The minimum absolute atomic E-state index is 0.150. The molecule has 1 aliphatic heterocycles. The Bertz CT molecular complexity index is 185. The highest BCUT2D eigenvalue weighted by Crippen LogP contribution is 2.24. The van der Waals surface area contributed by atoms with Crippen LogP contribution in [0.3, 0.4) is 0 Å². The predicted molar refractivity (Wildman–Crippen MR) is 50.8 cm³/mol. The maximum atomic E-state index is 10.8. The van der Waals surface area contributed by atoms with Crippen LogP contribution in [0.2, 0.25) is 0 Å². The molecule has 0 spiro atoms.